The van der Waals surface area contributed by atoms with Gasteiger partial charge in [-0.2, -0.15) is 0 Å². The summed E-state index contributed by atoms with van der Waals surface area (Å²) in [6, 6.07) is 4.94. The number of furan rings is 1. The largest absolute Gasteiger partial charge is 0.456 e. The maximum Gasteiger partial charge on any atom is 0.292 e. The molecule has 17 heavy (non-hydrogen) atoms. The maximum atomic E-state index is 11.7. The average molecular weight is 252 g/mol. The van der Waals surface area contributed by atoms with Gasteiger partial charge in [0.15, 0.2) is 5.76 Å². The van der Waals surface area contributed by atoms with Crippen LogP contribution in [0, 0.1) is 0 Å². The van der Waals surface area contributed by atoms with Gasteiger partial charge >= 0.3 is 0 Å². The number of aryl methyl sites for hydroxylation is 1. The first-order valence-electron chi connectivity index (χ1n) is 5.07. The van der Waals surface area contributed by atoms with E-state index >= 15 is 0 Å². The molecule has 0 unspecified atom stereocenters. The molecule has 88 valence electrons. The van der Waals surface area contributed by atoms with Crippen LogP contribution in [0.15, 0.2) is 28.8 Å². The number of aromatic nitrogens is 2. The Bertz CT molecular complexity index is 539. The average Bonchev–Trinajstić information content (AvgIpc) is 2.77. The maximum absolute atomic E-state index is 11.7. The van der Waals surface area contributed by atoms with Gasteiger partial charge < -0.3 is 9.73 Å². The monoisotopic (exact) mass is 251 g/mol. The Morgan fingerprint density at radius 1 is 1.47 bits per heavy atom. The van der Waals surface area contributed by atoms with Crippen molar-refractivity contribution >= 4 is 23.3 Å². The highest BCUT2D eigenvalue weighted by atomic mass is 35.5. The van der Waals surface area contributed by atoms with Gasteiger partial charge in [0, 0.05) is 12.6 Å². The van der Waals surface area contributed by atoms with Crippen molar-refractivity contribution in [3.63, 3.8) is 0 Å². The van der Waals surface area contributed by atoms with E-state index in [0.717, 1.165) is 12.2 Å². The number of carbonyl (C=O) groups excluding carboxylic acids is 1. The first-order valence-corrected chi connectivity index (χ1v) is 5.45. The minimum absolute atomic E-state index is 0.0801. The number of anilines is 1. The molecule has 1 N–H and O–H groups in total. The summed E-state index contributed by atoms with van der Waals surface area (Å²) in [6.45, 7) is 1.95. The fraction of sp³-hybridized carbons (Fsp3) is 0.182. The number of halogens is 1. The number of carbonyl (C=O) groups is 1. The van der Waals surface area contributed by atoms with Crippen LogP contribution in [0.25, 0.3) is 0 Å². The van der Waals surface area contributed by atoms with Gasteiger partial charge in [-0.15, -0.1) is 0 Å². The Kier molecular flexibility index (Phi) is 3.39. The first kappa shape index (κ1) is 11.6. The summed E-state index contributed by atoms with van der Waals surface area (Å²) in [7, 11) is 0. The predicted octanol–water partition coefficient (Wildman–Crippen LogP) is 2.54. The molecule has 2 aromatic rings. The van der Waals surface area contributed by atoms with Gasteiger partial charge in [0.1, 0.15) is 11.6 Å². The van der Waals surface area contributed by atoms with Gasteiger partial charge in [-0.25, -0.2) is 9.97 Å². The number of amides is 1. The molecule has 2 rings (SSSR count). The van der Waals surface area contributed by atoms with Crippen LogP contribution in [0.5, 0.6) is 0 Å². The highest BCUT2D eigenvalue weighted by Gasteiger charge is 2.11. The minimum atomic E-state index is -0.362. The number of nitrogens with one attached hydrogen (secondary N) is 1. The first-order chi connectivity index (χ1) is 8.19. The fourth-order valence-electron chi connectivity index (χ4n) is 1.27. The molecule has 0 spiro atoms. The standard InChI is InChI=1S/C11H10ClN3O2/c1-2-7-3-4-8(17-7)10(16)14-9-5-6-13-11(12)15-9/h3-6H,2H2,1H3,(H,13,14,15,16). The second-order valence-electron chi connectivity index (χ2n) is 3.28. The van der Waals surface area contributed by atoms with E-state index in [0.29, 0.717) is 5.82 Å². The molecule has 5 nitrogen and oxygen atoms in total. The van der Waals surface area contributed by atoms with Crippen LogP contribution in [-0.4, -0.2) is 15.9 Å². The fourth-order valence-corrected chi connectivity index (χ4v) is 1.42. The smallest absolute Gasteiger partial charge is 0.292 e. The lowest BCUT2D eigenvalue weighted by Crippen LogP contribution is -2.12. The quantitative estimate of drug-likeness (QED) is 0.851. The van der Waals surface area contributed by atoms with Crippen LogP contribution >= 0.6 is 11.6 Å². The summed E-state index contributed by atoms with van der Waals surface area (Å²) in [5.74, 6) is 0.983. The van der Waals surface area contributed by atoms with Gasteiger partial charge in [-0.1, -0.05) is 6.92 Å². The van der Waals surface area contributed by atoms with Crippen LogP contribution in [0.3, 0.4) is 0 Å². The molecule has 0 aromatic carbocycles. The van der Waals surface area contributed by atoms with E-state index in [-0.39, 0.29) is 17.0 Å². The Morgan fingerprint density at radius 3 is 2.94 bits per heavy atom. The number of rotatable bonds is 3. The van der Waals surface area contributed by atoms with E-state index in [9.17, 15) is 4.79 Å². The normalized spacial score (nSPS) is 10.2. The molecule has 0 aliphatic carbocycles. The van der Waals surface area contributed by atoms with Crippen molar-refractivity contribution in [2.45, 2.75) is 13.3 Å². The molecule has 0 atom stereocenters. The van der Waals surface area contributed by atoms with Crippen molar-refractivity contribution in [3.05, 3.63) is 41.2 Å². The second kappa shape index (κ2) is 4.97. The summed E-state index contributed by atoms with van der Waals surface area (Å²) in [6.07, 6.45) is 2.21. The second-order valence-corrected chi connectivity index (χ2v) is 3.62. The van der Waals surface area contributed by atoms with Crippen LogP contribution in [-0.2, 0) is 6.42 Å². The van der Waals surface area contributed by atoms with Crippen molar-refractivity contribution < 1.29 is 9.21 Å². The molecule has 0 aliphatic heterocycles. The van der Waals surface area contributed by atoms with E-state index in [1.54, 1.807) is 18.2 Å². The number of hydrogen-bond acceptors (Lipinski definition) is 4. The molecule has 6 heteroatoms. The molecular formula is C11H10ClN3O2. The summed E-state index contributed by atoms with van der Waals surface area (Å²) in [5.41, 5.74) is 0. The summed E-state index contributed by atoms with van der Waals surface area (Å²) >= 11 is 5.60. The van der Waals surface area contributed by atoms with Crippen LogP contribution in [0.1, 0.15) is 23.2 Å². The van der Waals surface area contributed by atoms with Crippen molar-refractivity contribution in [2.75, 3.05) is 5.32 Å². The molecule has 2 aromatic heterocycles. The summed E-state index contributed by atoms with van der Waals surface area (Å²) in [5, 5.41) is 2.65. The molecule has 0 saturated heterocycles. The highest BCUT2D eigenvalue weighted by molar-refractivity contribution is 6.28. The Hall–Kier alpha value is -1.88. The van der Waals surface area contributed by atoms with Crippen LogP contribution in [0.2, 0.25) is 5.28 Å². The third kappa shape index (κ3) is 2.82. The van der Waals surface area contributed by atoms with Gasteiger partial charge in [-0.05, 0) is 29.8 Å². The summed E-state index contributed by atoms with van der Waals surface area (Å²) in [4.78, 5) is 19.3. The minimum Gasteiger partial charge on any atom is -0.456 e. The summed E-state index contributed by atoms with van der Waals surface area (Å²) < 4.78 is 5.31. The van der Waals surface area contributed by atoms with Crippen molar-refractivity contribution in [1.82, 2.24) is 9.97 Å². The third-order valence-corrected chi connectivity index (χ3v) is 2.28. The Morgan fingerprint density at radius 2 is 2.29 bits per heavy atom. The third-order valence-electron chi connectivity index (χ3n) is 2.10. The van der Waals surface area contributed by atoms with Crippen molar-refractivity contribution in [1.29, 1.82) is 0 Å². The molecular weight excluding hydrogens is 242 g/mol. The van der Waals surface area contributed by atoms with E-state index in [2.05, 4.69) is 15.3 Å². The predicted molar refractivity (Wildman–Crippen MR) is 63.1 cm³/mol. The van der Waals surface area contributed by atoms with Crippen molar-refractivity contribution in [2.24, 2.45) is 0 Å². The lowest BCUT2D eigenvalue weighted by molar-refractivity contribution is 0.0994. The SMILES string of the molecule is CCc1ccc(C(=O)Nc2ccnc(Cl)n2)o1. The Labute approximate surface area is 103 Å². The number of hydrogen-bond donors (Lipinski definition) is 1. The Balaban J connectivity index is 2.11. The number of nitrogens with zero attached hydrogens (tertiary/aromatic N) is 2. The van der Waals surface area contributed by atoms with Gasteiger partial charge in [0.05, 0.1) is 0 Å². The van der Waals surface area contributed by atoms with E-state index in [1.165, 1.54) is 6.20 Å². The van der Waals surface area contributed by atoms with Crippen LogP contribution < -0.4 is 5.32 Å². The molecule has 0 aliphatic rings. The molecule has 0 radical (unpaired) electrons. The zero-order valence-corrected chi connectivity index (χ0v) is 9.86. The zero-order chi connectivity index (χ0) is 12.3. The molecule has 2 heterocycles. The van der Waals surface area contributed by atoms with E-state index < -0.39 is 0 Å². The van der Waals surface area contributed by atoms with Crippen LogP contribution in [0.4, 0.5) is 5.82 Å². The molecule has 0 fully saturated rings. The van der Waals surface area contributed by atoms with E-state index in [1.807, 2.05) is 6.92 Å². The lowest BCUT2D eigenvalue weighted by Gasteiger charge is -2.01. The molecule has 0 saturated carbocycles. The molecule has 0 bridgehead atoms. The zero-order valence-electron chi connectivity index (χ0n) is 9.11. The van der Waals surface area contributed by atoms with Gasteiger partial charge in [0.25, 0.3) is 5.91 Å². The lowest BCUT2D eigenvalue weighted by atomic mass is 10.3. The van der Waals surface area contributed by atoms with Gasteiger partial charge in [-0.3, -0.25) is 4.79 Å². The highest BCUT2D eigenvalue weighted by Crippen LogP contribution is 2.11. The van der Waals surface area contributed by atoms with Crippen molar-refractivity contribution in [3.8, 4) is 0 Å². The topological polar surface area (TPSA) is 68.0 Å². The van der Waals surface area contributed by atoms with E-state index in [4.69, 9.17) is 16.0 Å². The van der Waals surface area contributed by atoms with Gasteiger partial charge in [0.2, 0.25) is 5.28 Å². The molecule has 1 amide bonds.